The van der Waals surface area contributed by atoms with Crippen LogP contribution in [0, 0.1) is 23.7 Å². The van der Waals surface area contributed by atoms with Gasteiger partial charge in [-0.15, -0.1) is 0 Å². The maximum Gasteiger partial charge on any atom is 0.230 e. The minimum Gasteiger partial charge on any atom is -0.376 e. The fourth-order valence-electron chi connectivity index (χ4n) is 2.95. The first-order valence-corrected chi connectivity index (χ1v) is 6.60. The number of thiocarbonyl (C=S) groups is 2. The standard InChI is InChI=1S/C11H14N4O2S2/c12-10(18)14-8(16)6-4-1-2-5(3-4)7(6)9(17)15-11(13)19/h1-2,4-7H,3H2,(H3,12,14,16,18)(H3,13,15,17,19). The quantitative estimate of drug-likeness (QED) is 0.390. The second kappa shape index (κ2) is 5.22. The molecule has 1 fully saturated rings. The van der Waals surface area contributed by atoms with Gasteiger partial charge >= 0.3 is 0 Å². The Morgan fingerprint density at radius 1 is 0.947 bits per heavy atom. The van der Waals surface area contributed by atoms with Gasteiger partial charge < -0.3 is 22.1 Å². The third-order valence-corrected chi connectivity index (χ3v) is 3.76. The number of nitrogens with one attached hydrogen (secondary N) is 2. The highest BCUT2D eigenvalue weighted by Gasteiger charge is 2.51. The Morgan fingerprint density at radius 2 is 1.32 bits per heavy atom. The van der Waals surface area contributed by atoms with Crippen LogP contribution in [0.5, 0.6) is 0 Å². The molecule has 8 heteroatoms. The minimum absolute atomic E-state index is 0.0291. The van der Waals surface area contributed by atoms with Gasteiger partial charge in [-0.3, -0.25) is 9.59 Å². The van der Waals surface area contributed by atoms with Gasteiger partial charge in [0.2, 0.25) is 11.8 Å². The summed E-state index contributed by atoms with van der Waals surface area (Å²) in [4.78, 5) is 24.2. The van der Waals surface area contributed by atoms with E-state index in [1.807, 2.05) is 12.2 Å². The molecule has 2 aliphatic rings. The number of hydrogen-bond acceptors (Lipinski definition) is 4. The van der Waals surface area contributed by atoms with E-state index in [0.29, 0.717) is 0 Å². The van der Waals surface area contributed by atoms with Crippen LogP contribution in [0.4, 0.5) is 0 Å². The van der Waals surface area contributed by atoms with Gasteiger partial charge in [0, 0.05) is 0 Å². The van der Waals surface area contributed by atoms with Crippen molar-refractivity contribution >= 4 is 46.5 Å². The van der Waals surface area contributed by atoms with E-state index in [9.17, 15) is 9.59 Å². The third-order valence-electron chi connectivity index (χ3n) is 3.56. The van der Waals surface area contributed by atoms with Gasteiger partial charge in [0.1, 0.15) is 0 Å². The molecule has 2 bridgehead atoms. The van der Waals surface area contributed by atoms with Crippen LogP contribution in [0.25, 0.3) is 0 Å². The average molecular weight is 298 g/mol. The van der Waals surface area contributed by atoms with Crippen LogP contribution in [-0.4, -0.2) is 22.0 Å². The zero-order valence-corrected chi connectivity index (χ0v) is 11.6. The second-order valence-corrected chi connectivity index (χ2v) is 5.59. The molecule has 0 aromatic rings. The third kappa shape index (κ3) is 2.74. The molecule has 2 amide bonds. The van der Waals surface area contributed by atoms with Gasteiger partial charge in [-0.2, -0.15) is 0 Å². The Bertz CT molecular complexity index is 449. The van der Waals surface area contributed by atoms with Crippen molar-refractivity contribution < 1.29 is 9.59 Å². The zero-order valence-electron chi connectivity index (χ0n) is 9.96. The fourth-order valence-corrected chi connectivity index (χ4v) is 3.15. The van der Waals surface area contributed by atoms with Crippen molar-refractivity contribution in [3.63, 3.8) is 0 Å². The molecule has 0 spiro atoms. The molecule has 6 nitrogen and oxygen atoms in total. The number of carbonyl (C=O) groups is 2. The van der Waals surface area contributed by atoms with Crippen LogP contribution in [-0.2, 0) is 9.59 Å². The van der Waals surface area contributed by atoms with Crippen LogP contribution in [0.3, 0.4) is 0 Å². The summed E-state index contributed by atoms with van der Waals surface area (Å²) in [6, 6.07) is 0. The molecule has 0 heterocycles. The van der Waals surface area contributed by atoms with E-state index in [0.717, 1.165) is 6.42 Å². The van der Waals surface area contributed by atoms with Crippen molar-refractivity contribution in [1.82, 2.24) is 10.6 Å². The highest BCUT2D eigenvalue weighted by molar-refractivity contribution is 7.80. The monoisotopic (exact) mass is 298 g/mol. The van der Waals surface area contributed by atoms with Crippen molar-refractivity contribution in [3.05, 3.63) is 12.2 Å². The van der Waals surface area contributed by atoms with Crippen molar-refractivity contribution in [2.24, 2.45) is 35.1 Å². The fraction of sp³-hybridized carbons (Fsp3) is 0.455. The van der Waals surface area contributed by atoms with E-state index in [-0.39, 0.29) is 33.9 Å². The number of nitrogens with two attached hydrogens (primary N) is 2. The summed E-state index contributed by atoms with van der Waals surface area (Å²) in [5, 5.41) is 4.62. The predicted molar refractivity (Wildman–Crippen MR) is 77.6 cm³/mol. The van der Waals surface area contributed by atoms with Gasteiger partial charge in [0.15, 0.2) is 10.2 Å². The summed E-state index contributed by atoms with van der Waals surface area (Å²) in [6.07, 6.45) is 4.68. The largest absolute Gasteiger partial charge is 0.376 e. The highest BCUT2D eigenvalue weighted by atomic mass is 32.1. The topological polar surface area (TPSA) is 110 Å². The molecule has 0 saturated heterocycles. The first kappa shape index (κ1) is 13.9. The summed E-state index contributed by atoms with van der Waals surface area (Å²) in [5.74, 6) is -1.56. The number of carbonyl (C=O) groups excluding carboxylic acids is 2. The first-order valence-electron chi connectivity index (χ1n) is 5.79. The molecule has 6 N–H and O–H groups in total. The Balaban J connectivity index is 2.18. The summed E-state index contributed by atoms with van der Waals surface area (Å²) in [6.45, 7) is 0. The normalized spacial score (nSPS) is 30.9. The Kier molecular flexibility index (Phi) is 3.81. The summed E-state index contributed by atoms with van der Waals surface area (Å²) < 4.78 is 0. The van der Waals surface area contributed by atoms with Crippen molar-refractivity contribution in [2.75, 3.05) is 0 Å². The average Bonchev–Trinajstić information content (AvgIpc) is 2.85. The maximum absolute atomic E-state index is 12.1. The van der Waals surface area contributed by atoms with Crippen molar-refractivity contribution in [2.45, 2.75) is 6.42 Å². The zero-order chi connectivity index (χ0) is 14.2. The molecule has 0 aromatic carbocycles. The lowest BCUT2D eigenvalue weighted by atomic mass is 9.81. The molecule has 4 unspecified atom stereocenters. The van der Waals surface area contributed by atoms with Gasteiger partial charge in [-0.05, 0) is 42.7 Å². The van der Waals surface area contributed by atoms with Gasteiger partial charge in [-0.25, -0.2) is 0 Å². The van der Waals surface area contributed by atoms with E-state index >= 15 is 0 Å². The SMILES string of the molecule is NC(=S)NC(=O)C1C2C=CC(C2)C1C(=O)NC(N)=S. The number of allylic oxidation sites excluding steroid dienone is 2. The molecule has 4 atom stereocenters. The molecule has 0 aromatic heterocycles. The van der Waals surface area contributed by atoms with Gasteiger partial charge in [0.25, 0.3) is 0 Å². The maximum atomic E-state index is 12.1. The highest BCUT2D eigenvalue weighted by Crippen LogP contribution is 2.48. The molecule has 19 heavy (non-hydrogen) atoms. The minimum atomic E-state index is -0.481. The number of amides is 2. The van der Waals surface area contributed by atoms with Crippen molar-refractivity contribution in [1.29, 1.82) is 0 Å². The van der Waals surface area contributed by atoms with E-state index < -0.39 is 11.8 Å². The molecule has 2 aliphatic carbocycles. The molecule has 0 radical (unpaired) electrons. The van der Waals surface area contributed by atoms with Crippen LogP contribution in [0.1, 0.15) is 6.42 Å². The van der Waals surface area contributed by atoms with Gasteiger partial charge in [0.05, 0.1) is 11.8 Å². The van der Waals surface area contributed by atoms with Gasteiger partial charge in [-0.1, -0.05) is 12.2 Å². The number of hydrogen-bond donors (Lipinski definition) is 4. The molecule has 0 aliphatic heterocycles. The summed E-state index contributed by atoms with van der Waals surface area (Å²) in [7, 11) is 0. The molecular weight excluding hydrogens is 284 g/mol. The molecule has 2 rings (SSSR count). The Hall–Kier alpha value is -1.54. The lowest BCUT2D eigenvalue weighted by Crippen LogP contribution is -2.48. The second-order valence-electron chi connectivity index (χ2n) is 4.71. The van der Waals surface area contributed by atoms with E-state index in [2.05, 4.69) is 35.1 Å². The smallest absolute Gasteiger partial charge is 0.230 e. The lowest BCUT2D eigenvalue weighted by molar-refractivity contribution is -0.133. The van der Waals surface area contributed by atoms with Crippen LogP contribution in [0.2, 0.25) is 0 Å². The molecule has 102 valence electrons. The summed E-state index contributed by atoms with van der Waals surface area (Å²) >= 11 is 9.31. The predicted octanol–water partition coefficient (Wildman–Crippen LogP) is -0.856. The number of rotatable bonds is 2. The van der Waals surface area contributed by atoms with E-state index in [1.165, 1.54) is 0 Å². The first-order chi connectivity index (χ1) is 8.90. The van der Waals surface area contributed by atoms with Crippen LogP contribution in [0.15, 0.2) is 12.2 Å². The van der Waals surface area contributed by atoms with Crippen molar-refractivity contribution in [3.8, 4) is 0 Å². The van der Waals surface area contributed by atoms with Crippen LogP contribution < -0.4 is 22.1 Å². The number of fused-ring (bicyclic) bond motifs is 2. The lowest BCUT2D eigenvalue weighted by Gasteiger charge is -2.25. The summed E-state index contributed by atoms with van der Waals surface area (Å²) in [5.41, 5.74) is 10.6. The Labute approximate surface area is 121 Å². The van der Waals surface area contributed by atoms with Crippen LogP contribution >= 0.6 is 24.4 Å². The molecular formula is C11H14N4O2S2. The molecule has 1 saturated carbocycles. The van der Waals surface area contributed by atoms with E-state index in [4.69, 9.17) is 11.5 Å². The van der Waals surface area contributed by atoms with E-state index in [1.54, 1.807) is 0 Å². The Morgan fingerprint density at radius 3 is 1.63 bits per heavy atom.